The first-order chi connectivity index (χ1) is 8.74. The molecule has 0 radical (unpaired) electrons. The van der Waals surface area contributed by atoms with E-state index < -0.39 is 5.97 Å². The summed E-state index contributed by atoms with van der Waals surface area (Å²) in [5, 5.41) is 0. The van der Waals surface area contributed by atoms with Crippen molar-refractivity contribution in [3.05, 3.63) is 35.4 Å². The first kappa shape index (κ1) is 12.8. The second kappa shape index (κ2) is 5.80. The minimum Gasteiger partial charge on any atom is -0.462 e. The van der Waals surface area contributed by atoms with E-state index in [1.807, 2.05) is 0 Å². The molecule has 1 aromatic rings. The topological polar surface area (TPSA) is 43.4 Å². The average molecular weight is 246 g/mol. The van der Waals surface area contributed by atoms with Crippen molar-refractivity contribution in [3.8, 4) is 0 Å². The smallest absolute Gasteiger partial charge is 0.338 e. The fraction of sp³-hybridized carbons (Fsp3) is 0.467. The van der Waals surface area contributed by atoms with Gasteiger partial charge in [0.25, 0.3) is 0 Å². The Morgan fingerprint density at radius 3 is 2.39 bits per heavy atom. The van der Waals surface area contributed by atoms with Gasteiger partial charge in [-0.1, -0.05) is 31.0 Å². The van der Waals surface area contributed by atoms with E-state index >= 15 is 0 Å². The SMILES string of the molecule is CCOC(=O)c1ccccc1C(=O)C1CCCC1. The fourth-order valence-electron chi connectivity index (χ4n) is 2.49. The van der Waals surface area contributed by atoms with Gasteiger partial charge in [0.1, 0.15) is 0 Å². The van der Waals surface area contributed by atoms with Crippen LogP contribution in [-0.2, 0) is 4.74 Å². The Kier molecular flexibility index (Phi) is 4.13. The number of ether oxygens (including phenoxy) is 1. The Balaban J connectivity index is 2.26. The summed E-state index contributed by atoms with van der Waals surface area (Å²) in [5.74, 6) is -0.226. The van der Waals surface area contributed by atoms with Gasteiger partial charge < -0.3 is 4.74 Å². The molecular formula is C15H18O3. The number of benzene rings is 1. The summed E-state index contributed by atoms with van der Waals surface area (Å²) in [7, 11) is 0. The lowest BCUT2D eigenvalue weighted by molar-refractivity contribution is 0.0522. The van der Waals surface area contributed by atoms with Gasteiger partial charge in [-0.2, -0.15) is 0 Å². The Hall–Kier alpha value is -1.64. The minimum absolute atomic E-state index is 0.0839. The van der Waals surface area contributed by atoms with Crippen LogP contribution in [0.5, 0.6) is 0 Å². The molecule has 1 saturated carbocycles. The van der Waals surface area contributed by atoms with Gasteiger partial charge in [-0.15, -0.1) is 0 Å². The third-order valence-corrected chi connectivity index (χ3v) is 3.41. The van der Waals surface area contributed by atoms with Crippen LogP contribution in [0.25, 0.3) is 0 Å². The molecule has 96 valence electrons. The summed E-state index contributed by atoms with van der Waals surface area (Å²) in [4.78, 5) is 24.2. The molecule has 3 heteroatoms. The van der Waals surface area contributed by atoms with E-state index in [1.54, 1.807) is 31.2 Å². The molecule has 2 rings (SSSR count). The van der Waals surface area contributed by atoms with E-state index in [-0.39, 0.29) is 11.7 Å². The Labute approximate surface area is 107 Å². The van der Waals surface area contributed by atoms with E-state index in [1.165, 1.54) is 0 Å². The highest BCUT2D eigenvalue weighted by atomic mass is 16.5. The summed E-state index contributed by atoms with van der Waals surface area (Å²) >= 11 is 0. The monoisotopic (exact) mass is 246 g/mol. The van der Waals surface area contributed by atoms with Crippen molar-refractivity contribution >= 4 is 11.8 Å². The maximum absolute atomic E-state index is 12.4. The molecule has 1 aliphatic carbocycles. The number of esters is 1. The maximum atomic E-state index is 12.4. The maximum Gasteiger partial charge on any atom is 0.338 e. The summed E-state index contributed by atoms with van der Waals surface area (Å²) in [6.07, 6.45) is 4.10. The molecule has 1 aromatic carbocycles. The van der Waals surface area contributed by atoms with Crippen LogP contribution < -0.4 is 0 Å². The first-order valence-corrected chi connectivity index (χ1v) is 6.54. The van der Waals surface area contributed by atoms with Crippen molar-refractivity contribution in [1.82, 2.24) is 0 Å². The highest BCUT2D eigenvalue weighted by Gasteiger charge is 2.27. The molecule has 0 N–H and O–H groups in total. The van der Waals surface area contributed by atoms with Gasteiger partial charge in [0.2, 0.25) is 0 Å². The largest absolute Gasteiger partial charge is 0.462 e. The van der Waals surface area contributed by atoms with E-state index in [0.717, 1.165) is 25.7 Å². The lowest BCUT2D eigenvalue weighted by Crippen LogP contribution is -2.17. The highest BCUT2D eigenvalue weighted by Crippen LogP contribution is 2.29. The van der Waals surface area contributed by atoms with Gasteiger partial charge >= 0.3 is 5.97 Å². The second-order valence-corrected chi connectivity index (χ2v) is 4.61. The molecule has 0 spiro atoms. The van der Waals surface area contributed by atoms with Crippen LogP contribution in [0, 0.1) is 5.92 Å². The van der Waals surface area contributed by atoms with Crippen LogP contribution in [-0.4, -0.2) is 18.4 Å². The van der Waals surface area contributed by atoms with Crippen molar-refractivity contribution in [2.45, 2.75) is 32.6 Å². The third kappa shape index (κ3) is 2.61. The van der Waals surface area contributed by atoms with Gasteiger partial charge in [-0.3, -0.25) is 4.79 Å². The lowest BCUT2D eigenvalue weighted by Gasteiger charge is -2.11. The molecule has 0 amide bonds. The van der Waals surface area contributed by atoms with Crippen molar-refractivity contribution < 1.29 is 14.3 Å². The number of carbonyl (C=O) groups excluding carboxylic acids is 2. The van der Waals surface area contributed by atoms with Crippen LogP contribution in [0.2, 0.25) is 0 Å². The number of carbonyl (C=O) groups is 2. The van der Waals surface area contributed by atoms with Crippen LogP contribution >= 0.6 is 0 Å². The molecule has 0 bridgehead atoms. The van der Waals surface area contributed by atoms with Crippen molar-refractivity contribution in [2.75, 3.05) is 6.61 Å². The van der Waals surface area contributed by atoms with Gasteiger partial charge in [0.15, 0.2) is 5.78 Å². The summed E-state index contributed by atoms with van der Waals surface area (Å²) in [5.41, 5.74) is 0.916. The molecule has 0 aliphatic heterocycles. The molecule has 0 atom stereocenters. The van der Waals surface area contributed by atoms with Gasteiger partial charge in [0, 0.05) is 11.5 Å². The number of Topliss-reactive ketones (excluding diaryl/α,β-unsaturated/α-hetero) is 1. The van der Waals surface area contributed by atoms with E-state index in [4.69, 9.17) is 4.74 Å². The predicted octanol–water partition coefficient (Wildman–Crippen LogP) is 3.24. The normalized spacial score (nSPS) is 15.6. The molecule has 0 heterocycles. The number of rotatable bonds is 4. The molecule has 18 heavy (non-hydrogen) atoms. The van der Waals surface area contributed by atoms with Crippen molar-refractivity contribution in [2.24, 2.45) is 5.92 Å². The zero-order valence-corrected chi connectivity index (χ0v) is 10.6. The quantitative estimate of drug-likeness (QED) is 0.605. The van der Waals surface area contributed by atoms with Gasteiger partial charge in [0.05, 0.1) is 12.2 Å². The first-order valence-electron chi connectivity index (χ1n) is 6.54. The Morgan fingerprint density at radius 1 is 1.17 bits per heavy atom. The van der Waals surface area contributed by atoms with Crippen molar-refractivity contribution in [1.29, 1.82) is 0 Å². The van der Waals surface area contributed by atoms with E-state index in [2.05, 4.69) is 0 Å². The van der Waals surface area contributed by atoms with E-state index in [9.17, 15) is 9.59 Å². The van der Waals surface area contributed by atoms with Crippen LogP contribution in [0.4, 0.5) is 0 Å². The molecule has 1 fully saturated rings. The fourth-order valence-corrected chi connectivity index (χ4v) is 2.49. The number of hydrogen-bond acceptors (Lipinski definition) is 3. The molecule has 0 aromatic heterocycles. The standard InChI is InChI=1S/C15H18O3/c1-2-18-15(17)13-10-6-5-9-12(13)14(16)11-7-3-4-8-11/h5-6,9-11H,2-4,7-8H2,1H3. The molecule has 0 saturated heterocycles. The van der Waals surface area contributed by atoms with Crippen molar-refractivity contribution in [3.63, 3.8) is 0 Å². The molecule has 0 unspecified atom stereocenters. The average Bonchev–Trinajstić information content (AvgIpc) is 2.92. The van der Waals surface area contributed by atoms with Crippen LogP contribution in [0.3, 0.4) is 0 Å². The summed E-state index contributed by atoms with van der Waals surface area (Å²) < 4.78 is 4.99. The Morgan fingerprint density at radius 2 is 1.78 bits per heavy atom. The predicted molar refractivity (Wildman–Crippen MR) is 68.7 cm³/mol. The van der Waals surface area contributed by atoms with E-state index in [0.29, 0.717) is 17.7 Å². The highest BCUT2D eigenvalue weighted by molar-refractivity contribution is 6.07. The van der Waals surface area contributed by atoms with Gasteiger partial charge in [-0.25, -0.2) is 4.79 Å². The zero-order chi connectivity index (χ0) is 13.0. The van der Waals surface area contributed by atoms with Gasteiger partial charge in [-0.05, 0) is 25.8 Å². The number of hydrogen-bond donors (Lipinski definition) is 0. The number of ketones is 1. The zero-order valence-electron chi connectivity index (χ0n) is 10.6. The lowest BCUT2D eigenvalue weighted by atomic mass is 9.93. The summed E-state index contributed by atoms with van der Waals surface area (Å²) in [6.45, 7) is 2.09. The molecule has 3 nitrogen and oxygen atoms in total. The Bertz CT molecular complexity index is 445. The van der Waals surface area contributed by atoms with Crippen LogP contribution in [0.15, 0.2) is 24.3 Å². The van der Waals surface area contributed by atoms with Crippen LogP contribution in [0.1, 0.15) is 53.3 Å². The second-order valence-electron chi connectivity index (χ2n) is 4.61. The molecule has 1 aliphatic rings. The minimum atomic E-state index is -0.403. The third-order valence-electron chi connectivity index (χ3n) is 3.41. The summed E-state index contributed by atoms with van der Waals surface area (Å²) in [6, 6.07) is 6.95. The molecular weight excluding hydrogens is 228 g/mol.